The molecule has 1 heterocycles. The van der Waals surface area contributed by atoms with Crippen molar-refractivity contribution in [2.75, 3.05) is 11.9 Å². The predicted molar refractivity (Wildman–Crippen MR) is 105 cm³/mol. The summed E-state index contributed by atoms with van der Waals surface area (Å²) < 4.78 is 0. The van der Waals surface area contributed by atoms with Crippen LogP contribution >= 0.6 is 0 Å². The third-order valence-electron chi connectivity index (χ3n) is 4.78. The predicted octanol–water partition coefficient (Wildman–Crippen LogP) is 3.38. The monoisotopic (exact) mass is 382 g/mol. The number of hydrogen-bond donors (Lipinski definition) is 2. The van der Waals surface area contributed by atoms with Crippen LogP contribution in [0.1, 0.15) is 36.6 Å². The molecule has 2 aromatic rings. The van der Waals surface area contributed by atoms with E-state index in [4.69, 9.17) is 0 Å². The van der Waals surface area contributed by atoms with Gasteiger partial charge in [0.15, 0.2) is 0 Å². The molecule has 0 spiro atoms. The summed E-state index contributed by atoms with van der Waals surface area (Å²) in [5.41, 5.74) is 3.50. The first-order chi connectivity index (χ1) is 13.3. The molecular formula is C20H22N4O4. The molecule has 3 amide bonds. The fourth-order valence-electron chi connectivity index (χ4n) is 3.36. The molecule has 1 unspecified atom stereocenters. The van der Waals surface area contributed by atoms with Gasteiger partial charge in [-0.25, -0.2) is 4.79 Å². The van der Waals surface area contributed by atoms with E-state index in [0.717, 1.165) is 16.8 Å². The molecule has 0 aliphatic carbocycles. The number of fused-ring (bicyclic) bond motifs is 1. The first kappa shape index (κ1) is 19.3. The van der Waals surface area contributed by atoms with Crippen LogP contribution in [-0.4, -0.2) is 28.3 Å². The van der Waals surface area contributed by atoms with Crippen LogP contribution in [0.15, 0.2) is 42.5 Å². The molecule has 146 valence electrons. The SMILES string of the molecule is CC(=O)Nc1cccc2c1CCN(C(=O)NC(C)c1cccc([N+](=O)[O-])c1)C2. The van der Waals surface area contributed by atoms with E-state index in [0.29, 0.717) is 25.1 Å². The highest BCUT2D eigenvalue weighted by Gasteiger charge is 2.24. The Hall–Kier alpha value is -3.42. The van der Waals surface area contributed by atoms with Crippen LogP contribution in [0.3, 0.4) is 0 Å². The quantitative estimate of drug-likeness (QED) is 0.625. The van der Waals surface area contributed by atoms with Crippen LogP contribution in [0.4, 0.5) is 16.2 Å². The molecular weight excluding hydrogens is 360 g/mol. The van der Waals surface area contributed by atoms with E-state index in [-0.39, 0.29) is 23.7 Å². The number of nitro benzene ring substituents is 1. The molecule has 0 bridgehead atoms. The number of amides is 3. The molecule has 0 aromatic heterocycles. The molecule has 0 saturated carbocycles. The lowest BCUT2D eigenvalue weighted by atomic mass is 9.98. The van der Waals surface area contributed by atoms with Gasteiger partial charge in [0.2, 0.25) is 5.91 Å². The average molecular weight is 382 g/mol. The standard InChI is InChI=1S/C20H22N4O4/c1-13(15-5-3-7-17(11-15)24(27)28)21-20(26)23-10-9-18-16(12-23)6-4-8-19(18)22-14(2)25/h3-8,11,13H,9-10,12H2,1-2H3,(H,21,26)(H,22,25). The maximum absolute atomic E-state index is 12.7. The Morgan fingerprint density at radius 3 is 2.68 bits per heavy atom. The van der Waals surface area contributed by atoms with E-state index < -0.39 is 4.92 Å². The highest BCUT2D eigenvalue weighted by molar-refractivity contribution is 5.90. The number of carbonyl (C=O) groups is 2. The number of rotatable bonds is 4. The van der Waals surface area contributed by atoms with E-state index in [1.807, 2.05) is 18.2 Å². The van der Waals surface area contributed by atoms with Crippen molar-refractivity contribution in [3.63, 3.8) is 0 Å². The van der Waals surface area contributed by atoms with Gasteiger partial charge in [-0.3, -0.25) is 14.9 Å². The zero-order valence-corrected chi connectivity index (χ0v) is 15.8. The van der Waals surface area contributed by atoms with Gasteiger partial charge in [-0.2, -0.15) is 0 Å². The number of anilines is 1. The molecule has 8 nitrogen and oxygen atoms in total. The molecule has 3 rings (SSSR count). The van der Waals surface area contributed by atoms with Crippen LogP contribution < -0.4 is 10.6 Å². The minimum atomic E-state index is -0.452. The zero-order valence-electron chi connectivity index (χ0n) is 15.8. The Morgan fingerprint density at radius 2 is 1.96 bits per heavy atom. The van der Waals surface area contributed by atoms with Gasteiger partial charge in [0, 0.05) is 37.8 Å². The summed E-state index contributed by atoms with van der Waals surface area (Å²) in [4.78, 5) is 36.2. The Labute approximate surface area is 162 Å². The van der Waals surface area contributed by atoms with E-state index in [9.17, 15) is 19.7 Å². The van der Waals surface area contributed by atoms with Gasteiger partial charge in [-0.15, -0.1) is 0 Å². The minimum absolute atomic E-state index is 0.00370. The molecule has 0 radical (unpaired) electrons. The molecule has 0 saturated heterocycles. The number of urea groups is 1. The lowest BCUT2D eigenvalue weighted by Gasteiger charge is -2.31. The molecule has 1 aliphatic rings. The summed E-state index contributed by atoms with van der Waals surface area (Å²) in [5.74, 6) is -0.126. The van der Waals surface area contributed by atoms with E-state index >= 15 is 0 Å². The highest BCUT2D eigenvalue weighted by atomic mass is 16.6. The Morgan fingerprint density at radius 1 is 1.21 bits per heavy atom. The van der Waals surface area contributed by atoms with E-state index in [1.165, 1.54) is 19.1 Å². The molecule has 8 heteroatoms. The zero-order chi connectivity index (χ0) is 20.3. The van der Waals surface area contributed by atoms with Gasteiger partial charge in [-0.05, 0) is 36.1 Å². The Balaban J connectivity index is 1.69. The van der Waals surface area contributed by atoms with Crippen LogP contribution in [-0.2, 0) is 17.8 Å². The Bertz CT molecular complexity index is 928. The normalized spacial score (nSPS) is 14.0. The second kappa shape index (κ2) is 8.08. The number of hydrogen-bond acceptors (Lipinski definition) is 4. The average Bonchev–Trinajstić information content (AvgIpc) is 2.67. The van der Waals surface area contributed by atoms with Crippen LogP contribution in [0, 0.1) is 10.1 Å². The number of nitrogens with one attached hydrogen (secondary N) is 2. The topological polar surface area (TPSA) is 105 Å². The van der Waals surface area contributed by atoms with Gasteiger partial charge in [-0.1, -0.05) is 24.3 Å². The van der Waals surface area contributed by atoms with Crippen molar-refractivity contribution >= 4 is 23.3 Å². The number of nitrogens with zero attached hydrogens (tertiary/aromatic N) is 2. The van der Waals surface area contributed by atoms with Crippen molar-refractivity contribution in [3.05, 3.63) is 69.3 Å². The number of benzene rings is 2. The van der Waals surface area contributed by atoms with Crippen LogP contribution in [0.5, 0.6) is 0 Å². The summed E-state index contributed by atoms with van der Waals surface area (Å²) in [6, 6.07) is 11.3. The number of carbonyl (C=O) groups excluding carboxylic acids is 2. The first-order valence-corrected chi connectivity index (χ1v) is 9.03. The maximum atomic E-state index is 12.7. The van der Waals surface area contributed by atoms with Crippen molar-refractivity contribution in [1.82, 2.24) is 10.2 Å². The summed E-state index contributed by atoms with van der Waals surface area (Å²) in [5, 5.41) is 16.7. The van der Waals surface area contributed by atoms with Crippen molar-refractivity contribution in [2.45, 2.75) is 32.9 Å². The van der Waals surface area contributed by atoms with Crippen molar-refractivity contribution in [1.29, 1.82) is 0 Å². The van der Waals surface area contributed by atoms with Gasteiger partial charge >= 0.3 is 6.03 Å². The van der Waals surface area contributed by atoms with E-state index in [1.54, 1.807) is 24.0 Å². The van der Waals surface area contributed by atoms with Crippen molar-refractivity contribution < 1.29 is 14.5 Å². The molecule has 1 atom stereocenters. The smallest absolute Gasteiger partial charge is 0.318 e. The fraction of sp³-hybridized carbons (Fsp3) is 0.300. The van der Waals surface area contributed by atoms with Gasteiger partial charge in [0.05, 0.1) is 11.0 Å². The largest absolute Gasteiger partial charge is 0.331 e. The molecule has 1 aliphatic heterocycles. The molecule has 2 aromatic carbocycles. The van der Waals surface area contributed by atoms with Gasteiger partial charge < -0.3 is 15.5 Å². The van der Waals surface area contributed by atoms with E-state index in [2.05, 4.69) is 10.6 Å². The summed E-state index contributed by atoms with van der Waals surface area (Å²) >= 11 is 0. The third kappa shape index (κ3) is 4.28. The Kier molecular flexibility index (Phi) is 5.58. The van der Waals surface area contributed by atoms with Crippen LogP contribution in [0.2, 0.25) is 0 Å². The second-order valence-electron chi connectivity index (χ2n) is 6.82. The minimum Gasteiger partial charge on any atom is -0.331 e. The number of nitro groups is 1. The highest BCUT2D eigenvalue weighted by Crippen LogP contribution is 2.27. The van der Waals surface area contributed by atoms with Crippen LogP contribution in [0.25, 0.3) is 0 Å². The first-order valence-electron chi connectivity index (χ1n) is 9.03. The summed E-state index contributed by atoms with van der Waals surface area (Å²) in [6.45, 7) is 4.23. The van der Waals surface area contributed by atoms with Gasteiger partial charge in [0.25, 0.3) is 5.69 Å². The van der Waals surface area contributed by atoms with Crippen molar-refractivity contribution in [3.8, 4) is 0 Å². The summed E-state index contributed by atoms with van der Waals surface area (Å²) in [7, 11) is 0. The third-order valence-corrected chi connectivity index (χ3v) is 4.78. The number of non-ortho nitro benzene ring substituents is 1. The maximum Gasteiger partial charge on any atom is 0.318 e. The van der Waals surface area contributed by atoms with Gasteiger partial charge in [0.1, 0.15) is 0 Å². The fourth-order valence-corrected chi connectivity index (χ4v) is 3.36. The molecule has 0 fully saturated rings. The summed E-state index contributed by atoms with van der Waals surface area (Å²) in [6.07, 6.45) is 0.643. The molecule has 2 N–H and O–H groups in total. The molecule has 28 heavy (non-hydrogen) atoms. The lowest BCUT2D eigenvalue weighted by Crippen LogP contribution is -2.43. The lowest BCUT2D eigenvalue weighted by molar-refractivity contribution is -0.384. The second-order valence-corrected chi connectivity index (χ2v) is 6.82. The van der Waals surface area contributed by atoms with Crippen molar-refractivity contribution in [2.24, 2.45) is 0 Å².